The minimum absolute atomic E-state index is 0.191. The fraction of sp³-hybridized carbons (Fsp3) is 0.150. The summed E-state index contributed by atoms with van der Waals surface area (Å²) in [7, 11) is 0. The van der Waals surface area contributed by atoms with E-state index >= 15 is 0 Å². The summed E-state index contributed by atoms with van der Waals surface area (Å²) >= 11 is 0. The number of nitrogens with one attached hydrogen (secondary N) is 1. The van der Waals surface area contributed by atoms with E-state index in [9.17, 15) is 9.59 Å². The zero-order chi connectivity index (χ0) is 18.7. The number of carboxylic acids is 1. The number of anilines is 2. The van der Waals surface area contributed by atoms with Gasteiger partial charge in [-0.2, -0.15) is 5.10 Å². The van der Waals surface area contributed by atoms with Gasteiger partial charge >= 0.3 is 5.97 Å². The molecule has 2 aromatic carbocycles. The Morgan fingerprint density at radius 1 is 1.15 bits per heavy atom. The molecule has 0 bridgehead atoms. The molecule has 0 unspecified atom stereocenters. The molecule has 1 heterocycles. The van der Waals surface area contributed by atoms with Crippen LogP contribution in [0.2, 0.25) is 0 Å². The maximum atomic E-state index is 12.6. The van der Waals surface area contributed by atoms with E-state index in [0.717, 1.165) is 11.1 Å². The molecule has 0 saturated carbocycles. The molecule has 0 aliphatic carbocycles. The van der Waals surface area contributed by atoms with Crippen molar-refractivity contribution in [2.24, 2.45) is 0 Å². The Morgan fingerprint density at radius 3 is 2.50 bits per heavy atom. The lowest BCUT2D eigenvalue weighted by molar-refractivity contribution is 0.0697. The van der Waals surface area contributed by atoms with Crippen LogP contribution in [-0.2, 0) is 6.54 Å². The summed E-state index contributed by atoms with van der Waals surface area (Å²) in [4.78, 5) is 23.5. The smallest absolute Gasteiger partial charge is 0.335 e. The third-order valence-electron chi connectivity index (χ3n) is 4.00. The van der Waals surface area contributed by atoms with E-state index in [-0.39, 0.29) is 11.1 Å². The summed E-state index contributed by atoms with van der Waals surface area (Å²) in [6.45, 7) is 4.31. The van der Waals surface area contributed by atoms with Crippen molar-refractivity contribution in [1.29, 1.82) is 0 Å². The fourth-order valence-electron chi connectivity index (χ4n) is 2.64. The number of nitrogens with zero attached hydrogens (tertiary/aromatic N) is 2. The molecule has 0 atom stereocenters. The molecule has 0 fully saturated rings. The van der Waals surface area contributed by atoms with Gasteiger partial charge in [0.1, 0.15) is 5.69 Å². The number of carboxylic acid groups (broad SMARTS) is 1. The molecule has 6 nitrogen and oxygen atoms in total. The lowest BCUT2D eigenvalue weighted by atomic mass is 10.1. The van der Waals surface area contributed by atoms with Crippen LogP contribution in [0.25, 0.3) is 11.3 Å². The average molecular weight is 349 g/mol. The summed E-state index contributed by atoms with van der Waals surface area (Å²) in [6.07, 6.45) is 0. The van der Waals surface area contributed by atoms with Gasteiger partial charge in [-0.15, -0.1) is 0 Å². The molecule has 1 aromatic heterocycles. The third kappa shape index (κ3) is 3.64. The standard InChI is InChI=1S/C20H19N3O3/c1-3-23-19(24)18(21-16-9-7-14(8-10-16)20(25)26)12-17(22-23)15-6-4-5-13(2)11-15/h4-12,21H,3H2,1-2H3,(H,25,26). The molecule has 3 aromatic rings. The van der Waals surface area contributed by atoms with Crippen molar-refractivity contribution < 1.29 is 9.90 Å². The minimum Gasteiger partial charge on any atom is -0.478 e. The maximum Gasteiger partial charge on any atom is 0.335 e. The molecule has 26 heavy (non-hydrogen) atoms. The molecule has 132 valence electrons. The highest BCUT2D eigenvalue weighted by Gasteiger charge is 2.10. The quantitative estimate of drug-likeness (QED) is 0.734. The molecule has 3 rings (SSSR count). The molecule has 6 heteroatoms. The third-order valence-corrected chi connectivity index (χ3v) is 4.00. The first-order valence-electron chi connectivity index (χ1n) is 8.27. The zero-order valence-corrected chi connectivity index (χ0v) is 14.6. The van der Waals surface area contributed by atoms with Crippen molar-refractivity contribution in [3.63, 3.8) is 0 Å². The Labute approximate surface area is 150 Å². The number of aromatic carboxylic acids is 1. The summed E-state index contributed by atoms with van der Waals surface area (Å²) in [6, 6.07) is 15.9. The topological polar surface area (TPSA) is 84.2 Å². The van der Waals surface area contributed by atoms with Gasteiger partial charge in [0.2, 0.25) is 0 Å². The summed E-state index contributed by atoms with van der Waals surface area (Å²) in [5.41, 5.74) is 3.72. The maximum absolute atomic E-state index is 12.6. The Kier molecular flexibility index (Phi) is 4.84. The Hall–Kier alpha value is -3.41. The van der Waals surface area contributed by atoms with Crippen LogP contribution in [0.15, 0.2) is 59.4 Å². The second-order valence-corrected chi connectivity index (χ2v) is 5.94. The van der Waals surface area contributed by atoms with E-state index in [4.69, 9.17) is 5.11 Å². The van der Waals surface area contributed by atoms with Crippen LogP contribution in [-0.4, -0.2) is 20.9 Å². The Bertz CT molecular complexity index is 1010. The van der Waals surface area contributed by atoms with Gasteiger partial charge in [-0.25, -0.2) is 9.48 Å². The van der Waals surface area contributed by atoms with Gasteiger partial charge in [0.25, 0.3) is 5.56 Å². The van der Waals surface area contributed by atoms with Gasteiger partial charge in [-0.3, -0.25) is 4.79 Å². The van der Waals surface area contributed by atoms with Crippen LogP contribution < -0.4 is 10.9 Å². The van der Waals surface area contributed by atoms with Crippen molar-refractivity contribution in [3.8, 4) is 11.3 Å². The molecule has 0 aliphatic heterocycles. The lowest BCUT2D eigenvalue weighted by Gasteiger charge is -2.11. The normalized spacial score (nSPS) is 10.5. The molecule has 0 radical (unpaired) electrons. The van der Waals surface area contributed by atoms with Gasteiger partial charge < -0.3 is 10.4 Å². The van der Waals surface area contributed by atoms with E-state index in [2.05, 4.69) is 10.4 Å². The second-order valence-electron chi connectivity index (χ2n) is 5.94. The molecule has 0 spiro atoms. The van der Waals surface area contributed by atoms with Gasteiger partial charge in [0.05, 0.1) is 11.3 Å². The fourth-order valence-corrected chi connectivity index (χ4v) is 2.64. The molecule has 0 aliphatic rings. The van der Waals surface area contributed by atoms with E-state index in [1.54, 1.807) is 18.2 Å². The number of aryl methyl sites for hydroxylation is 2. The lowest BCUT2D eigenvalue weighted by Crippen LogP contribution is -2.24. The van der Waals surface area contributed by atoms with Crippen LogP contribution in [0, 0.1) is 6.92 Å². The van der Waals surface area contributed by atoms with Gasteiger partial charge in [-0.1, -0.05) is 23.8 Å². The molecule has 0 saturated heterocycles. The van der Waals surface area contributed by atoms with Crippen molar-refractivity contribution >= 4 is 17.3 Å². The highest BCUT2D eigenvalue weighted by Crippen LogP contribution is 2.21. The van der Waals surface area contributed by atoms with Crippen LogP contribution in [0.4, 0.5) is 11.4 Å². The van der Waals surface area contributed by atoms with Crippen molar-refractivity contribution in [1.82, 2.24) is 9.78 Å². The van der Waals surface area contributed by atoms with Gasteiger partial charge in [0, 0.05) is 17.8 Å². The van der Waals surface area contributed by atoms with E-state index in [0.29, 0.717) is 23.6 Å². The molecule has 2 N–H and O–H groups in total. The highest BCUT2D eigenvalue weighted by atomic mass is 16.4. The number of rotatable bonds is 5. The van der Waals surface area contributed by atoms with Crippen LogP contribution in [0.1, 0.15) is 22.8 Å². The molecular weight excluding hydrogens is 330 g/mol. The number of carbonyl (C=O) groups is 1. The van der Waals surface area contributed by atoms with E-state index in [1.165, 1.54) is 16.8 Å². The minimum atomic E-state index is -0.990. The largest absolute Gasteiger partial charge is 0.478 e. The first-order valence-corrected chi connectivity index (χ1v) is 8.27. The summed E-state index contributed by atoms with van der Waals surface area (Å²) in [5.74, 6) is -0.990. The second kappa shape index (κ2) is 7.23. The van der Waals surface area contributed by atoms with Crippen molar-refractivity contribution in [2.75, 3.05) is 5.32 Å². The monoisotopic (exact) mass is 349 g/mol. The summed E-state index contributed by atoms with van der Waals surface area (Å²) < 4.78 is 1.41. The van der Waals surface area contributed by atoms with Crippen LogP contribution in [0.3, 0.4) is 0 Å². The Balaban J connectivity index is 2.02. The van der Waals surface area contributed by atoms with Gasteiger partial charge in [0.15, 0.2) is 0 Å². The number of hydrogen-bond donors (Lipinski definition) is 2. The average Bonchev–Trinajstić information content (AvgIpc) is 2.64. The van der Waals surface area contributed by atoms with Gasteiger partial charge in [-0.05, 0) is 50.2 Å². The van der Waals surface area contributed by atoms with Crippen LogP contribution in [0.5, 0.6) is 0 Å². The van der Waals surface area contributed by atoms with Crippen molar-refractivity contribution in [3.05, 3.63) is 76.1 Å². The molecule has 0 amide bonds. The predicted molar refractivity (Wildman–Crippen MR) is 101 cm³/mol. The summed E-state index contributed by atoms with van der Waals surface area (Å²) in [5, 5.41) is 16.5. The number of benzene rings is 2. The zero-order valence-electron chi connectivity index (χ0n) is 14.6. The van der Waals surface area contributed by atoms with Crippen LogP contribution >= 0.6 is 0 Å². The first-order chi connectivity index (χ1) is 12.5. The molecular formula is C20H19N3O3. The number of hydrogen-bond acceptors (Lipinski definition) is 4. The highest BCUT2D eigenvalue weighted by molar-refractivity contribution is 5.88. The number of aromatic nitrogens is 2. The van der Waals surface area contributed by atoms with Crippen molar-refractivity contribution in [2.45, 2.75) is 20.4 Å². The van der Waals surface area contributed by atoms with E-state index < -0.39 is 5.97 Å². The Morgan fingerprint density at radius 2 is 1.88 bits per heavy atom. The first kappa shape index (κ1) is 17.4. The van der Waals surface area contributed by atoms with E-state index in [1.807, 2.05) is 38.1 Å². The predicted octanol–water partition coefficient (Wildman–Crippen LogP) is 3.68. The SMILES string of the molecule is CCn1nc(-c2cccc(C)c2)cc(Nc2ccc(C(=O)O)cc2)c1=O.